The number of methoxy groups -OCH3 is 1. The fourth-order valence-electron chi connectivity index (χ4n) is 2.97. The quantitative estimate of drug-likeness (QED) is 0.585. The minimum atomic E-state index is 0.0106. The normalized spacial score (nSPS) is 19.6. The molecule has 4 rings (SSSR count). The van der Waals surface area contributed by atoms with Gasteiger partial charge in [0, 0.05) is 28.8 Å². The van der Waals surface area contributed by atoms with Crippen molar-refractivity contribution in [2.75, 3.05) is 12.4 Å². The molecule has 1 N–H and O–H groups in total. The maximum Gasteiger partial charge on any atom is 0.229 e. The lowest BCUT2D eigenvalue weighted by atomic mass is 9.79. The van der Waals surface area contributed by atoms with Crippen LogP contribution in [0, 0.1) is 5.92 Å². The van der Waals surface area contributed by atoms with Crippen LogP contribution in [0.25, 0.3) is 10.2 Å². The Kier molecular flexibility index (Phi) is 4.55. The molecule has 0 aliphatic heterocycles. The molecule has 0 bridgehead atoms. The van der Waals surface area contributed by atoms with Crippen molar-refractivity contribution in [3.63, 3.8) is 0 Å². The van der Waals surface area contributed by atoms with Gasteiger partial charge in [0.25, 0.3) is 0 Å². The molecule has 6 nitrogen and oxygen atoms in total. The lowest BCUT2D eigenvalue weighted by Crippen LogP contribution is -2.35. The zero-order valence-electron chi connectivity index (χ0n) is 13.2. The molecule has 0 atom stereocenters. The van der Waals surface area contributed by atoms with E-state index in [1.54, 1.807) is 19.6 Å². The van der Waals surface area contributed by atoms with Gasteiger partial charge in [-0.25, -0.2) is 9.97 Å². The number of carbonyl (C=O) groups excluding carboxylic acids is 1. The summed E-state index contributed by atoms with van der Waals surface area (Å²) in [5.41, 5.74) is 0.783. The summed E-state index contributed by atoms with van der Waals surface area (Å²) in [6.07, 6.45) is 7.15. The van der Waals surface area contributed by atoms with Crippen LogP contribution < -0.4 is 10.1 Å². The Bertz CT molecular complexity index is 935. The molecule has 1 aliphatic rings. The van der Waals surface area contributed by atoms with Crippen molar-refractivity contribution >= 4 is 64.5 Å². The van der Waals surface area contributed by atoms with Crippen molar-refractivity contribution < 1.29 is 9.53 Å². The minimum Gasteiger partial charge on any atom is -0.494 e. The van der Waals surface area contributed by atoms with Gasteiger partial charge in [0.2, 0.25) is 5.91 Å². The SMILES string of the molecule is COc1c(Br)cc(Br)c2nc(NC(=O)C3CC(n4ccnc4)C3)sc12. The van der Waals surface area contributed by atoms with Gasteiger partial charge in [-0.15, -0.1) is 0 Å². The van der Waals surface area contributed by atoms with Crippen LogP contribution in [-0.4, -0.2) is 27.6 Å². The van der Waals surface area contributed by atoms with E-state index >= 15 is 0 Å². The number of fused-ring (bicyclic) bond motifs is 1. The molecular formula is C16H14Br2N4O2S. The van der Waals surface area contributed by atoms with Gasteiger partial charge in [-0.1, -0.05) is 11.3 Å². The number of rotatable bonds is 4. The number of hydrogen-bond donors (Lipinski definition) is 1. The fraction of sp³-hybridized carbons (Fsp3) is 0.312. The molecule has 0 unspecified atom stereocenters. The van der Waals surface area contributed by atoms with Crippen LogP contribution in [0.15, 0.2) is 33.7 Å². The van der Waals surface area contributed by atoms with E-state index in [9.17, 15) is 4.79 Å². The minimum absolute atomic E-state index is 0.0106. The second kappa shape index (κ2) is 6.69. The monoisotopic (exact) mass is 484 g/mol. The van der Waals surface area contributed by atoms with E-state index < -0.39 is 0 Å². The number of nitrogens with zero attached hydrogens (tertiary/aromatic N) is 3. The summed E-state index contributed by atoms with van der Waals surface area (Å²) < 4.78 is 10.1. The Labute approximate surface area is 164 Å². The molecule has 130 valence electrons. The van der Waals surface area contributed by atoms with Crippen molar-refractivity contribution in [1.29, 1.82) is 0 Å². The Morgan fingerprint density at radius 3 is 2.88 bits per heavy atom. The van der Waals surface area contributed by atoms with Gasteiger partial charge in [-0.3, -0.25) is 4.79 Å². The summed E-state index contributed by atoms with van der Waals surface area (Å²) in [5, 5.41) is 3.54. The first-order valence-electron chi connectivity index (χ1n) is 7.67. The first kappa shape index (κ1) is 17.0. The highest BCUT2D eigenvalue weighted by molar-refractivity contribution is 9.11. The molecule has 1 fully saturated rings. The van der Waals surface area contributed by atoms with Gasteiger partial charge >= 0.3 is 0 Å². The average Bonchev–Trinajstić information content (AvgIpc) is 3.16. The van der Waals surface area contributed by atoms with E-state index in [0.29, 0.717) is 11.2 Å². The van der Waals surface area contributed by atoms with E-state index in [1.807, 2.05) is 12.3 Å². The van der Waals surface area contributed by atoms with E-state index in [0.717, 1.165) is 37.8 Å². The van der Waals surface area contributed by atoms with Crippen LogP contribution >= 0.6 is 43.2 Å². The number of benzene rings is 1. The van der Waals surface area contributed by atoms with Crippen LogP contribution in [0.2, 0.25) is 0 Å². The van der Waals surface area contributed by atoms with Crippen molar-refractivity contribution in [2.24, 2.45) is 5.92 Å². The van der Waals surface area contributed by atoms with E-state index in [2.05, 4.69) is 51.7 Å². The van der Waals surface area contributed by atoms with Gasteiger partial charge in [0.1, 0.15) is 10.2 Å². The van der Waals surface area contributed by atoms with E-state index in [-0.39, 0.29) is 11.8 Å². The highest BCUT2D eigenvalue weighted by Crippen LogP contribution is 2.43. The maximum atomic E-state index is 12.5. The number of amides is 1. The molecule has 3 aromatic rings. The average molecular weight is 486 g/mol. The molecule has 0 saturated heterocycles. The summed E-state index contributed by atoms with van der Waals surface area (Å²) in [6.45, 7) is 0. The number of carbonyl (C=O) groups is 1. The third-order valence-electron chi connectivity index (χ3n) is 4.39. The molecule has 25 heavy (non-hydrogen) atoms. The first-order chi connectivity index (χ1) is 12.1. The standard InChI is InChI=1S/C16H14Br2N4O2S/c1-24-13-11(18)6-10(17)12-14(13)25-16(20-12)21-15(23)8-4-9(5-8)22-3-2-19-7-22/h2-3,6-9H,4-5H2,1H3,(H,20,21,23). The van der Waals surface area contributed by atoms with E-state index in [1.165, 1.54) is 11.3 Å². The molecule has 9 heteroatoms. The zero-order valence-corrected chi connectivity index (χ0v) is 17.2. The van der Waals surface area contributed by atoms with Crippen molar-refractivity contribution in [3.8, 4) is 5.75 Å². The molecule has 0 spiro atoms. The number of ether oxygens (including phenoxy) is 1. The number of hydrogen-bond acceptors (Lipinski definition) is 5. The molecule has 0 radical (unpaired) electrons. The number of thiazole rings is 1. The Morgan fingerprint density at radius 2 is 2.20 bits per heavy atom. The van der Waals surface area contributed by atoms with Crippen LogP contribution in [0.1, 0.15) is 18.9 Å². The van der Waals surface area contributed by atoms with Crippen LogP contribution in [0.5, 0.6) is 5.75 Å². The van der Waals surface area contributed by atoms with Crippen molar-refractivity contribution in [1.82, 2.24) is 14.5 Å². The van der Waals surface area contributed by atoms with Crippen molar-refractivity contribution in [3.05, 3.63) is 33.7 Å². The molecule has 2 aromatic heterocycles. The third kappa shape index (κ3) is 3.09. The maximum absolute atomic E-state index is 12.5. The highest BCUT2D eigenvalue weighted by Gasteiger charge is 2.35. The van der Waals surface area contributed by atoms with Gasteiger partial charge in [-0.05, 0) is 50.8 Å². The summed E-state index contributed by atoms with van der Waals surface area (Å²) in [7, 11) is 1.62. The second-order valence-electron chi connectivity index (χ2n) is 5.89. The summed E-state index contributed by atoms with van der Waals surface area (Å²) in [4.78, 5) is 21.1. The lowest BCUT2D eigenvalue weighted by molar-refractivity contribution is -0.123. The largest absolute Gasteiger partial charge is 0.494 e. The lowest BCUT2D eigenvalue weighted by Gasteiger charge is -2.34. The van der Waals surface area contributed by atoms with Crippen LogP contribution in [0.4, 0.5) is 5.13 Å². The Hall–Kier alpha value is -1.45. The smallest absolute Gasteiger partial charge is 0.229 e. The number of halogens is 2. The Morgan fingerprint density at radius 1 is 1.40 bits per heavy atom. The van der Waals surface area contributed by atoms with Crippen LogP contribution in [0.3, 0.4) is 0 Å². The zero-order chi connectivity index (χ0) is 17.6. The summed E-state index contributed by atoms with van der Waals surface area (Å²) >= 11 is 8.41. The molecule has 1 saturated carbocycles. The number of anilines is 1. The topological polar surface area (TPSA) is 69.0 Å². The number of aromatic nitrogens is 3. The molecule has 1 amide bonds. The second-order valence-corrected chi connectivity index (χ2v) is 8.60. The summed E-state index contributed by atoms with van der Waals surface area (Å²) in [6, 6.07) is 2.26. The van der Waals surface area contributed by atoms with Crippen molar-refractivity contribution in [2.45, 2.75) is 18.9 Å². The predicted octanol–water partition coefficient (Wildman–Crippen LogP) is 4.62. The highest BCUT2D eigenvalue weighted by atomic mass is 79.9. The van der Waals surface area contributed by atoms with Gasteiger partial charge in [0.05, 0.1) is 17.9 Å². The van der Waals surface area contributed by atoms with Gasteiger partial charge in [0.15, 0.2) is 10.9 Å². The third-order valence-corrected chi connectivity index (χ3v) is 6.56. The predicted molar refractivity (Wildman–Crippen MR) is 104 cm³/mol. The summed E-state index contributed by atoms with van der Waals surface area (Å²) in [5.74, 6) is 0.751. The first-order valence-corrected chi connectivity index (χ1v) is 10.1. The van der Waals surface area contributed by atoms with E-state index in [4.69, 9.17) is 4.74 Å². The molecule has 2 heterocycles. The van der Waals surface area contributed by atoms with Gasteiger partial charge < -0.3 is 14.6 Å². The molecular weight excluding hydrogens is 472 g/mol. The Balaban J connectivity index is 1.50. The fourth-order valence-corrected chi connectivity index (χ4v) is 5.67. The van der Waals surface area contributed by atoms with Gasteiger partial charge in [-0.2, -0.15) is 0 Å². The number of imidazole rings is 1. The molecule has 1 aliphatic carbocycles. The molecule has 1 aromatic carbocycles. The number of nitrogens with one attached hydrogen (secondary N) is 1. The van der Waals surface area contributed by atoms with Crippen LogP contribution in [-0.2, 0) is 4.79 Å².